The van der Waals surface area contributed by atoms with E-state index in [1.165, 1.54) is 6.07 Å². The third-order valence-electron chi connectivity index (χ3n) is 4.99. The first-order valence-electron chi connectivity index (χ1n) is 8.99. The minimum absolute atomic E-state index is 0.101. The van der Waals surface area contributed by atoms with Gasteiger partial charge in [-0.15, -0.1) is 0 Å². The lowest BCUT2D eigenvalue weighted by Crippen LogP contribution is -2.39. The zero-order valence-electron chi connectivity index (χ0n) is 14.5. The molecule has 26 heavy (non-hydrogen) atoms. The highest BCUT2D eigenvalue weighted by Crippen LogP contribution is 2.28. The largest absolute Gasteiger partial charge is 0.291 e. The number of hydrogen-bond acceptors (Lipinski definition) is 4. The van der Waals surface area contributed by atoms with Crippen LogP contribution in [0.15, 0.2) is 36.5 Å². The molecule has 2 aromatic rings. The van der Waals surface area contributed by atoms with Crippen LogP contribution in [-0.2, 0) is 23.1 Å². The average molecular weight is 378 g/mol. The van der Waals surface area contributed by atoms with Crippen molar-refractivity contribution in [2.24, 2.45) is 0 Å². The maximum absolute atomic E-state index is 13.4. The Morgan fingerprint density at radius 2 is 2.12 bits per heavy atom. The average Bonchev–Trinajstić information content (AvgIpc) is 3.35. The number of sulfonamides is 1. The Morgan fingerprint density at radius 3 is 2.88 bits per heavy atom. The molecule has 0 unspecified atom stereocenters. The first kappa shape index (κ1) is 17.6. The number of nitrogens with one attached hydrogen (secondary N) is 1. The third-order valence-corrected chi connectivity index (χ3v) is 6.95. The fourth-order valence-corrected chi connectivity index (χ4v) is 4.95. The van der Waals surface area contributed by atoms with E-state index in [2.05, 4.69) is 14.7 Å². The molecule has 2 heterocycles. The number of nitrogens with zero attached hydrogens (tertiary/aromatic N) is 3. The highest BCUT2D eigenvalue weighted by molar-refractivity contribution is 7.90. The van der Waals surface area contributed by atoms with Crippen LogP contribution in [0.5, 0.6) is 0 Å². The molecule has 1 aromatic heterocycles. The summed E-state index contributed by atoms with van der Waals surface area (Å²) < 4.78 is 42.1. The third kappa shape index (κ3) is 3.97. The molecule has 0 radical (unpaired) electrons. The van der Waals surface area contributed by atoms with Crippen molar-refractivity contribution in [3.8, 4) is 0 Å². The van der Waals surface area contributed by atoms with E-state index in [-0.39, 0.29) is 17.1 Å². The minimum Gasteiger partial charge on any atom is -0.291 e. The standard InChI is InChI=1S/C18H23FN4O2S/c19-15-3-1-2-14(10-15)11-22-12-16-6-8-20-23(16)17(13-22)7-9-21-26(24,25)18-4-5-18/h1-3,6,8,10,17-18,21H,4-5,7,9,11-13H2/t17-/m1/s1. The van der Waals surface area contributed by atoms with Crippen molar-refractivity contribution >= 4 is 10.0 Å². The van der Waals surface area contributed by atoms with Crippen molar-refractivity contribution in [1.29, 1.82) is 0 Å². The molecule has 4 rings (SSSR count). The SMILES string of the molecule is O=S(=O)(NCC[C@@H]1CN(Cc2cccc(F)c2)Cc2ccnn21)C1CC1. The van der Waals surface area contributed by atoms with Gasteiger partial charge < -0.3 is 0 Å². The summed E-state index contributed by atoms with van der Waals surface area (Å²) in [5, 5.41) is 4.21. The molecule has 1 atom stereocenters. The van der Waals surface area contributed by atoms with Crippen molar-refractivity contribution in [3.05, 3.63) is 53.6 Å². The second-order valence-electron chi connectivity index (χ2n) is 7.15. The van der Waals surface area contributed by atoms with Crippen LogP contribution in [0.3, 0.4) is 0 Å². The van der Waals surface area contributed by atoms with Gasteiger partial charge in [-0.2, -0.15) is 5.10 Å². The van der Waals surface area contributed by atoms with Gasteiger partial charge in [0.2, 0.25) is 10.0 Å². The molecule has 140 valence electrons. The predicted octanol–water partition coefficient (Wildman–Crippen LogP) is 2.05. The molecule has 6 nitrogen and oxygen atoms in total. The number of aromatic nitrogens is 2. The van der Waals surface area contributed by atoms with Crippen LogP contribution < -0.4 is 4.72 Å². The second-order valence-corrected chi connectivity index (χ2v) is 9.19. The van der Waals surface area contributed by atoms with Crippen LogP contribution >= 0.6 is 0 Å². The summed E-state index contributed by atoms with van der Waals surface area (Å²) in [6, 6.07) is 8.74. The van der Waals surface area contributed by atoms with Crippen LogP contribution in [0, 0.1) is 5.82 Å². The Labute approximate surface area is 153 Å². The number of hydrogen-bond donors (Lipinski definition) is 1. The van der Waals surface area contributed by atoms with E-state index in [1.807, 2.05) is 16.8 Å². The molecular formula is C18H23FN4O2S. The number of rotatable bonds is 7. The maximum Gasteiger partial charge on any atom is 0.214 e. The molecule has 8 heteroatoms. The van der Waals surface area contributed by atoms with E-state index in [9.17, 15) is 12.8 Å². The molecule has 1 N–H and O–H groups in total. The van der Waals surface area contributed by atoms with E-state index in [0.29, 0.717) is 19.5 Å². The molecule has 0 bridgehead atoms. The minimum atomic E-state index is -3.15. The van der Waals surface area contributed by atoms with E-state index in [4.69, 9.17) is 0 Å². The van der Waals surface area contributed by atoms with Gasteiger partial charge in [0.05, 0.1) is 17.0 Å². The van der Waals surface area contributed by atoms with Crippen LogP contribution in [0.1, 0.15) is 36.6 Å². The fraction of sp³-hybridized carbons (Fsp3) is 0.500. The lowest BCUT2D eigenvalue weighted by Gasteiger charge is -2.34. The summed E-state index contributed by atoms with van der Waals surface area (Å²) in [5.41, 5.74) is 2.04. The highest BCUT2D eigenvalue weighted by Gasteiger charge is 2.35. The molecule has 0 spiro atoms. The van der Waals surface area contributed by atoms with Crippen LogP contribution in [-0.4, -0.2) is 41.4 Å². The monoisotopic (exact) mass is 378 g/mol. The van der Waals surface area contributed by atoms with Crippen LogP contribution in [0.4, 0.5) is 4.39 Å². The van der Waals surface area contributed by atoms with E-state index in [1.54, 1.807) is 18.3 Å². The van der Waals surface area contributed by atoms with Gasteiger partial charge in [-0.3, -0.25) is 9.58 Å². The van der Waals surface area contributed by atoms with Crippen molar-refractivity contribution in [2.45, 2.75) is 43.6 Å². The summed E-state index contributed by atoms with van der Waals surface area (Å²) in [4.78, 5) is 2.26. The summed E-state index contributed by atoms with van der Waals surface area (Å²) in [6.07, 6.45) is 4.00. The van der Waals surface area contributed by atoms with Gasteiger partial charge in [-0.05, 0) is 43.0 Å². The van der Waals surface area contributed by atoms with Gasteiger partial charge in [0.1, 0.15) is 5.82 Å². The maximum atomic E-state index is 13.4. The van der Waals surface area contributed by atoms with Crippen LogP contribution in [0.2, 0.25) is 0 Å². The first-order valence-corrected chi connectivity index (χ1v) is 10.5. The van der Waals surface area contributed by atoms with Gasteiger partial charge in [-0.25, -0.2) is 17.5 Å². The lowest BCUT2D eigenvalue weighted by atomic mass is 10.1. The lowest BCUT2D eigenvalue weighted by molar-refractivity contribution is 0.162. The van der Waals surface area contributed by atoms with Crippen LogP contribution in [0.25, 0.3) is 0 Å². The van der Waals surface area contributed by atoms with Gasteiger partial charge >= 0.3 is 0 Å². The molecule has 1 saturated carbocycles. The summed E-state index contributed by atoms with van der Waals surface area (Å²) in [7, 11) is -3.15. The summed E-state index contributed by atoms with van der Waals surface area (Å²) >= 11 is 0. The molecule has 1 aromatic carbocycles. The van der Waals surface area contributed by atoms with Gasteiger partial charge in [0.15, 0.2) is 0 Å². The normalized spacial score (nSPS) is 20.9. The Balaban J connectivity index is 1.41. The zero-order chi connectivity index (χ0) is 18.1. The molecule has 1 aliphatic heterocycles. The summed E-state index contributed by atoms with van der Waals surface area (Å²) in [5.74, 6) is -0.226. The molecule has 0 amide bonds. The fourth-order valence-electron chi connectivity index (χ4n) is 3.56. The number of halogens is 1. The Kier molecular flexibility index (Phi) is 4.81. The second kappa shape index (κ2) is 7.09. The predicted molar refractivity (Wildman–Crippen MR) is 96.3 cm³/mol. The zero-order valence-corrected chi connectivity index (χ0v) is 15.3. The number of fused-ring (bicyclic) bond motifs is 1. The topological polar surface area (TPSA) is 67.2 Å². The highest BCUT2D eigenvalue weighted by atomic mass is 32.2. The van der Waals surface area contributed by atoms with Crippen molar-refractivity contribution < 1.29 is 12.8 Å². The Hall–Kier alpha value is -1.77. The number of benzene rings is 1. The van der Waals surface area contributed by atoms with E-state index >= 15 is 0 Å². The molecule has 1 aliphatic carbocycles. The Bertz CT molecular complexity index is 879. The first-order chi connectivity index (χ1) is 12.5. The van der Waals surface area contributed by atoms with Crippen molar-refractivity contribution in [1.82, 2.24) is 19.4 Å². The molecular weight excluding hydrogens is 355 g/mol. The van der Waals surface area contributed by atoms with Gasteiger partial charge in [-0.1, -0.05) is 12.1 Å². The van der Waals surface area contributed by atoms with Crippen molar-refractivity contribution in [2.75, 3.05) is 13.1 Å². The molecule has 2 aliphatic rings. The van der Waals surface area contributed by atoms with E-state index < -0.39 is 10.0 Å². The molecule has 1 fully saturated rings. The van der Waals surface area contributed by atoms with Crippen molar-refractivity contribution in [3.63, 3.8) is 0 Å². The smallest absolute Gasteiger partial charge is 0.214 e. The summed E-state index contributed by atoms with van der Waals surface area (Å²) in [6.45, 7) is 2.58. The van der Waals surface area contributed by atoms with E-state index in [0.717, 1.165) is 37.2 Å². The van der Waals surface area contributed by atoms with Gasteiger partial charge in [0, 0.05) is 32.4 Å². The van der Waals surface area contributed by atoms with Gasteiger partial charge in [0.25, 0.3) is 0 Å². The quantitative estimate of drug-likeness (QED) is 0.801. The Morgan fingerprint density at radius 1 is 1.27 bits per heavy atom. The molecule has 0 saturated heterocycles.